The summed E-state index contributed by atoms with van der Waals surface area (Å²) in [6.45, 7) is 10.3. The van der Waals surface area contributed by atoms with Crippen molar-refractivity contribution < 1.29 is 28.6 Å². The molecule has 0 bridgehead atoms. The Kier molecular flexibility index (Phi) is 19.6. The van der Waals surface area contributed by atoms with Gasteiger partial charge in [-0.05, 0) is 57.9 Å². The number of ether oxygens (including phenoxy) is 3. The number of hydrogen-bond donors (Lipinski definition) is 2. The lowest BCUT2D eigenvalue weighted by molar-refractivity contribution is -0.304. The van der Waals surface area contributed by atoms with E-state index in [0.29, 0.717) is 19.4 Å². The van der Waals surface area contributed by atoms with Crippen LogP contribution in [0.2, 0.25) is 0 Å². The van der Waals surface area contributed by atoms with Crippen LogP contribution in [0.4, 0.5) is 0 Å². The van der Waals surface area contributed by atoms with Gasteiger partial charge < -0.3 is 24.8 Å². The van der Waals surface area contributed by atoms with E-state index in [1.165, 1.54) is 57.8 Å². The molecule has 266 valence electrons. The van der Waals surface area contributed by atoms with Crippen LogP contribution in [0.5, 0.6) is 0 Å². The summed E-state index contributed by atoms with van der Waals surface area (Å²) in [5, 5.41) is 5.89. The number of hydrogen-bond acceptors (Lipinski definition) is 6. The van der Waals surface area contributed by atoms with Crippen LogP contribution in [0.1, 0.15) is 136 Å². The van der Waals surface area contributed by atoms with Crippen molar-refractivity contribution in [2.45, 2.75) is 155 Å². The predicted octanol–water partition coefficient (Wildman–Crippen LogP) is 7.98. The number of rotatable bonds is 24. The average molecular weight is 657 g/mol. The fraction of sp³-hybridized carbons (Fsp3) is 0.718. The molecule has 0 aliphatic carbocycles. The van der Waals surface area contributed by atoms with Gasteiger partial charge in [0.1, 0.15) is 12.7 Å². The first kappa shape index (κ1) is 40.5. The minimum atomic E-state index is -0.849. The molecule has 1 unspecified atom stereocenters. The van der Waals surface area contributed by atoms with Gasteiger partial charge >= 0.3 is 5.97 Å². The van der Waals surface area contributed by atoms with Gasteiger partial charge in [-0.2, -0.15) is 0 Å². The van der Waals surface area contributed by atoms with Crippen molar-refractivity contribution in [1.29, 1.82) is 0 Å². The summed E-state index contributed by atoms with van der Waals surface area (Å²) in [6.07, 6.45) is 20.9. The lowest BCUT2D eigenvalue weighted by atomic mass is 9.85. The normalized spacial score (nSPS) is 17.7. The summed E-state index contributed by atoms with van der Waals surface area (Å²) in [7, 11) is 0. The van der Waals surface area contributed by atoms with Gasteiger partial charge in [-0.15, -0.1) is 0 Å². The fourth-order valence-electron chi connectivity index (χ4n) is 5.67. The van der Waals surface area contributed by atoms with E-state index in [-0.39, 0.29) is 37.4 Å². The van der Waals surface area contributed by atoms with Gasteiger partial charge in [-0.25, -0.2) is 0 Å². The molecule has 1 aliphatic heterocycles. The summed E-state index contributed by atoms with van der Waals surface area (Å²) >= 11 is 0. The van der Waals surface area contributed by atoms with Gasteiger partial charge in [0.05, 0.1) is 19.1 Å². The lowest BCUT2D eigenvalue weighted by Gasteiger charge is -2.44. The largest absolute Gasteiger partial charge is 0.463 e. The number of allylic oxidation sites excluding steroid dienone is 2. The Morgan fingerprint density at radius 3 is 2.15 bits per heavy atom. The third-order valence-corrected chi connectivity index (χ3v) is 8.57. The summed E-state index contributed by atoms with van der Waals surface area (Å²) in [5.74, 6) is -1.57. The number of amides is 2. The maximum Gasteiger partial charge on any atom is 0.307 e. The molecule has 1 aliphatic rings. The van der Waals surface area contributed by atoms with Crippen molar-refractivity contribution in [1.82, 2.24) is 10.6 Å². The molecule has 2 amide bonds. The predicted molar refractivity (Wildman–Crippen MR) is 189 cm³/mol. The number of carbonyl (C=O) groups excluding carboxylic acids is 3. The van der Waals surface area contributed by atoms with Crippen molar-refractivity contribution in [3.63, 3.8) is 0 Å². The molecule has 2 atom stereocenters. The zero-order valence-corrected chi connectivity index (χ0v) is 30.1. The van der Waals surface area contributed by atoms with Gasteiger partial charge in [0.2, 0.25) is 11.8 Å². The minimum absolute atomic E-state index is 0.0196. The number of benzene rings is 1. The number of carbonyl (C=O) groups is 3. The number of unbranched alkanes of at least 4 members (excludes halogenated alkanes) is 11. The lowest BCUT2D eigenvalue weighted by Crippen LogP contribution is -2.56. The molecule has 47 heavy (non-hydrogen) atoms. The Bertz CT molecular complexity index is 1050. The Morgan fingerprint density at radius 1 is 0.872 bits per heavy atom. The first-order valence-electron chi connectivity index (χ1n) is 18.3. The van der Waals surface area contributed by atoms with Gasteiger partial charge in [-0.3, -0.25) is 14.4 Å². The number of nitrogens with one attached hydrogen (secondary N) is 2. The Morgan fingerprint density at radius 2 is 1.49 bits per heavy atom. The van der Waals surface area contributed by atoms with E-state index < -0.39 is 23.3 Å². The van der Waals surface area contributed by atoms with Gasteiger partial charge in [0, 0.05) is 18.4 Å². The minimum Gasteiger partial charge on any atom is -0.463 e. The highest BCUT2D eigenvalue weighted by molar-refractivity contribution is 5.82. The van der Waals surface area contributed by atoms with Crippen LogP contribution in [-0.4, -0.2) is 55.5 Å². The van der Waals surface area contributed by atoms with E-state index in [1.54, 1.807) is 13.8 Å². The first-order valence-corrected chi connectivity index (χ1v) is 18.3. The average Bonchev–Trinajstić information content (AvgIpc) is 3.03. The highest BCUT2D eigenvalue weighted by atomic mass is 16.7. The SMILES string of the molecule is CCCCCCCCC=CCCCCCCCC(=O)N[C@H](COC(=O)CCNC(=O)C1OC(C)(C)OCC1(C)C)Cc1ccccc1. The van der Waals surface area contributed by atoms with E-state index in [0.717, 1.165) is 31.2 Å². The first-order chi connectivity index (χ1) is 22.5. The van der Waals surface area contributed by atoms with Crippen LogP contribution < -0.4 is 10.6 Å². The molecule has 2 rings (SSSR count). The van der Waals surface area contributed by atoms with Gasteiger partial charge in [0.15, 0.2) is 5.79 Å². The maximum atomic E-state index is 12.8. The van der Waals surface area contributed by atoms with E-state index in [9.17, 15) is 14.4 Å². The molecule has 0 saturated carbocycles. The molecule has 1 aromatic carbocycles. The summed E-state index contributed by atoms with van der Waals surface area (Å²) < 4.78 is 17.1. The molecule has 1 heterocycles. The third kappa shape index (κ3) is 18.4. The molecule has 0 spiro atoms. The topological polar surface area (TPSA) is 103 Å². The molecule has 8 heteroatoms. The second-order valence-electron chi connectivity index (χ2n) is 14.2. The van der Waals surface area contributed by atoms with Crippen molar-refractivity contribution in [3.05, 3.63) is 48.0 Å². The Hall–Kier alpha value is -2.71. The van der Waals surface area contributed by atoms with Crippen LogP contribution in [-0.2, 0) is 35.0 Å². The molecule has 0 radical (unpaired) electrons. The molecule has 1 fully saturated rings. The highest BCUT2D eigenvalue weighted by Crippen LogP contribution is 2.34. The second kappa shape index (κ2) is 22.8. The smallest absolute Gasteiger partial charge is 0.307 e. The van der Waals surface area contributed by atoms with Crippen molar-refractivity contribution >= 4 is 17.8 Å². The van der Waals surface area contributed by atoms with Crippen molar-refractivity contribution in [2.75, 3.05) is 19.8 Å². The molecular weight excluding hydrogens is 592 g/mol. The zero-order valence-electron chi connectivity index (χ0n) is 30.1. The molecule has 0 aromatic heterocycles. The van der Waals surface area contributed by atoms with E-state index >= 15 is 0 Å². The number of esters is 1. The molecule has 2 N–H and O–H groups in total. The van der Waals surface area contributed by atoms with Crippen molar-refractivity contribution in [2.24, 2.45) is 5.41 Å². The molecule has 1 saturated heterocycles. The summed E-state index contributed by atoms with van der Waals surface area (Å²) in [5.41, 5.74) is 0.566. The molecule has 8 nitrogen and oxygen atoms in total. The zero-order chi connectivity index (χ0) is 34.4. The van der Waals surface area contributed by atoms with Crippen LogP contribution in [0.25, 0.3) is 0 Å². The molecule has 1 aromatic rings. The second-order valence-corrected chi connectivity index (χ2v) is 14.2. The quantitative estimate of drug-likeness (QED) is 0.0665. The van der Waals surface area contributed by atoms with Crippen LogP contribution in [0.15, 0.2) is 42.5 Å². The van der Waals surface area contributed by atoms with Crippen LogP contribution >= 0.6 is 0 Å². The van der Waals surface area contributed by atoms with Crippen molar-refractivity contribution in [3.8, 4) is 0 Å². The van der Waals surface area contributed by atoms with Crippen LogP contribution in [0, 0.1) is 5.41 Å². The van der Waals surface area contributed by atoms with Gasteiger partial charge in [0.25, 0.3) is 0 Å². The summed E-state index contributed by atoms with van der Waals surface area (Å²) in [6, 6.07) is 9.54. The van der Waals surface area contributed by atoms with E-state index in [2.05, 4.69) is 29.7 Å². The highest BCUT2D eigenvalue weighted by Gasteiger charge is 2.45. The van der Waals surface area contributed by atoms with Crippen LogP contribution in [0.3, 0.4) is 0 Å². The van der Waals surface area contributed by atoms with E-state index in [4.69, 9.17) is 14.2 Å². The summed E-state index contributed by atoms with van der Waals surface area (Å²) in [4.78, 5) is 38.2. The van der Waals surface area contributed by atoms with E-state index in [1.807, 2.05) is 44.2 Å². The Balaban J connectivity index is 1.64. The Labute approximate surface area is 285 Å². The third-order valence-electron chi connectivity index (χ3n) is 8.57. The monoisotopic (exact) mass is 656 g/mol. The van der Waals surface area contributed by atoms with Gasteiger partial charge in [-0.1, -0.05) is 115 Å². The standard InChI is InChI=1S/C39H64N2O6/c1-6-7-8-9-10-11-12-13-14-15-16-17-18-19-23-26-34(42)41-33(29-32-24-21-20-22-25-32)30-45-35(43)27-28-40-37(44)36-38(2,3)31-46-39(4,5)47-36/h13-14,20-22,24-25,33,36H,6-12,15-19,23,26-31H2,1-5H3,(H,40,44)(H,41,42)/t33-,36?/m0/s1. The fourth-order valence-corrected chi connectivity index (χ4v) is 5.67. The molecular formula is C39H64N2O6. The maximum absolute atomic E-state index is 12.8.